The highest BCUT2D eigenvalue weighted by Crippen LogP contribution is 2.18. The van der Waals surface area contributed by atoms with E-state index in [-0.39, 0.29) is 17.9 Å². The van der Waals surface area contributed by atoms with Crippen LogP contribution < -0.4 is 5.32 Å². The van der Waals surface area contributed by atoms with Gasteiger partial charge in [0.05, 0.1) is 0 Å². The molecule has 3 nitrogen and oxygen atoms in total. The molecule has 0 aliphatic rings. The average Bonchev–Trinajstić information content (AvgIpc) is 2.09. The Kier molecular flexibility index (Phi) is 6.57. The first-order valence-electron chi connectivity index (χ1n) is 5.76. The van der Waals surface area contributed by atoms with Crippen LogP contribution in [0.1, 0.15) is 47.0 Å². The van der Waals surface area contributed by atoms with Crippen molar-refractivity contribution in [1.82, 2.24) is 5.32 Å². The molecule has 0 fully saturated rings. The van der Waals surface area contributed by atoms with E-state index in [0.717, 1.165) is 12.8 Å². The third kappa shape index (κ3) is 8.43. The van der Waals surface area contributed by atoms with Crippen LogP contribution in [-0.2, 0) is 4.79 Å². The van der Waals surface area contributed by atoms with Gasteiger partial charge in [0.1, 0.15) is 0 Å². The lowest BCUT2D eigenvalue weighted by Gasteiger charge is -2.19. The molecule has 0 spiro atoms. The van der Waals surface area contributed by atoms with Crippen LogP contribution in [0.3, 0.4) is 0 Å². The van der Waals surface area contributed by atoms with Crippen molar-refractivity contribution in [3.05, 3.63) is 0 Å². The monoisotopic (exact) mass is 215 g/mol. The van der Waals surface area contributed by atoms with Crippen molar-refractivity contribution in [3.8, 4) is 0 Å². The number of amides is 1. The van der Waals surface area contributed by atoms with Gasteiger partial charge < -0.3 is 10.4 Å². The van der Waals surface area contributed by atoms with Gasteiger partial charge in [-0.05, 0) is 17.8 Å². The highest BCUT2D eigenvalue weighted by molar-refractivity contribution is 5.76. The fraction of sp³-hybridized carbons (Fsp3) is 0.917. The number of carbonyl (C=O) groups excluding carboxylic acids is 1. The van der Waals surface area contributed by atoms with Crippen LogP contribution in [0.15, 0.2) is 0 Å². The topological polar surface area (TPSA) is 49.3 Å². The molecule has 0 saturated carbocycles. The molecular weight excluding hydrogens is 190 g/mol. The van der Waals surface area contributed by atoms with Crippen molar-refractivity contribution >= 4 is 5.91 Å². The molecular formula is C12H25NO2. The lowest BCUT2D eigenvalue weighted by atomic mass is 9.92. The summed E-state index contributed by atoms with van der Waals surface area (Å²) in [5.74, 6) is 0.512. The van der Waals surface area contributed by atoms with Gasteiger partial charge in [-0.15, -0.1) is 0 Å². The SMILES string of the molecule is CCC(CCO)CNC(=O)CC(C)(C)C. The summed E-state index contributed by atoms with van der Waals surface area (Å²) in [7, 11) is 0. The van der Waals surface area contributed by atoms with Crippen molar-refractivity contribution < 1.29 is 9.90 Å². The molecule has 0 aliphatic heterocycles. The summed E-state index contributed by atoms with van der Waals surface area (Å²) in [6, 6.07) is 0. The molecule has 0 saturated heterocycles. The van der Waals surface area contributed by atoms with E-state index in [0.29, 0.717) is 18.9 Å². The molecule has 15 heavy (non-hydrogen) atoms. The Morgan fingerprint density at radius 3 is 2.40 bits per heavy atom. The number of aliphatic hydroxyl groups excluding tert-OH is 1. The van der Waals surface area contributed by atoms with E-state index >= 15 is 0 Å². The third-order valence-electron chi connectivity index (χ3n) is 2.39. The normalized spacial score (nSPS) is 13.7. The standard InChI is InChI=1S/C12H25NO2/c1-5-10(6-7-14)9-13-11(15)8-12(2,3)4/h10,14H,5-9H2,1-4H3,(H,13,15). The zero-order chi connectivity index (χ0) is 11.9. The largest absolute Gasteiger partial charge is 0.396 e. The number of nitrogens with one attached hydrogen (secondary N) is 1. The van der Waals surface area contributed by atoms with Gasteiger partial charge in [-0.25, -0.2) is 0 Å². The summed E-state index contributed by atoms with van der Waals surface area (Å²) >= 11 is 0. The van der Waals surface area contributed by atoms with Crippen LogP contribution in [0.5, 0.6) is 0 Å². The second-order valence-electron chi connectivity index (χ2n) is 5.33. The Morgan fingerprint density at radius 1 is 1.40 bits per heavy atom. The Balaban J connectivity index is 3.78. The number of hydrogen-bond acceptors (Lipinski definition) is 2. The fourth-order valence-electron chi connectivity index (χ4n) is 1.44. The lowest BCUT2D eigenvalue weighted by Crippen LogP contribution is -2.32. The van der Waals surface area contributed by atoms with Crippen molar-refractivity contribution in [2.24, 2.45) is 11.3 Å². The van der Waals surface area contributed by atoms with E-state index in [4.69, 9.17) is 5.11 Å². The maximum absolute atomic E-state index is 11.5. The van der Waals surface area contributed by atoms with Crippen molar-refractivity contribution in [3.63, 3.8) is 0 Å². The summed E-state index contributed by atoms with van der Waals surface area (Å²) in [5, 5.41) is 11.7. The zero-order valence-corrected chi connectivity index (χ0v) is 10.5. The van der Waals surface area contributed by atoms with Crippen molar-refractivity contribution in [1.29, 1.82) is 0 Å². The Morgan fingerprint density at radius 2 is 2.00 bits per heavy atom. The van der Waals surface area contributed by atoms with E-state index in [2.05, 4.69) is 33.0 Å². The lowest BCUT2D eigenvalue weighted by molar-refractivity contribution is -0.123. The molecule has 0 aromatic rings. The van der Waals surface area contributed by atoms with Crippen LogP contribution in [0.25, 0.3) is 0 Å². The molecule has 1 amide bonds. The second kappa shape index (κ2) is 6.83. The molecule has 0 rings (SSSR count). The molecule has 3 heteroatoms. The number of hydrogen-bond donors (Lipinski definition) is 2. The summed E-state index contributed by atoms with van der Waals surface area (Å²) in [6.45, 7) is 9.13. The predicted octanol–water partition coefficient (Wildman–Crippen LogP) is 1.95. The van der Waals surface area contributed by atoms with Gasteiger partial charge in [0.2, 0.25) is 5.91 Å². The molecule has 0 aliphatic carbocycles. The van der Waals surface area contributed by atoms with E-state index in [1.807, 2.05) is 0 Å². The summed E-state index contributed by atoms with van der Waals surface area (Å²) in [6.07, 6.45) is 2.32. The highest BCUT2D eigenvalue weighted by atomic mass is 16.3. The molecule has 0 aromatic carbocycles. The van der Waals surface area contributed by atoms with E-state index in [1.54, 1.807) is 0 Å². The van der Waals surface area contributed by atoms with Crippen LogP contribution >= 0.6 is 0 Å². The molecule has 90 valence electrons. The van der Waals surface area contributed by atoms with Gasteiger partial charge >= 0.3 is 0 Å². The van der Waals surface area contributed by atoms with Gasteiger partial charge in [0.15, 0.2) is 0 Å². The smallest absolute Gasteiger partial charge is 0.220 e. The first-order chi connectivity index (χ1) is 6.89. The summed E-state index contributed by atoms with van der Waals surface area (Å²) < 4.78 is 0. The maximum atomic E-state index is 11.5. The Labute approximate surface area is 93.3 Å². The van der Waals surface area contributed by atoms with E-state index in [9.17, 15) is 4.79 Å². The first kappa shape index (κ1) is 14.4. The molecule has 0 radical (unpaired) electrons. The van der Waals surface area contributed by atoms with Gasteiger partial charge in [0, 0.05) is 19.6 Å². The molecule has 1 unspecified atom stereocenters. The van der Waals surface area contributed by atoms with E-state index < -0.39 is 0 Å². The third-order valence-corrected chi connectivity index (χ3v) is 2.39. The summed E-state index contributed by atoms with van der Waals surface area (Å²) in [5.41, 5.74) is 0.0444. The summed E-state index contributed by atoms with van der Waals surface area (Å²) in [4.78, 5) is 11.5. The van der Waals surface area contributed by atoms with Crippen LogP contribution in [0, 0.1) is 11.3 Å². The second-order valence-corrected chi connectivity index (χ2v) is 5.33. The maximum Gasteiger partial charge on any atom is 0.220 e. The van der Waals surface area contributed by atoms with Gasteiger partial charge in [-0.1, -0.05) is 34.1 Å². The molecule has 0 bridgehead atoms. The molecule has 2 N–H and O–H groups in total. The Hall–Kier alpha value is -0.570. The fourth-order valence-corrected chi connectivity index (χ4v) is 1.44. The van der Waals surface area contributed by atoms with Gasteiger partial charge in [-0.2, -0.15) is 0 Å². The predicted molar refractivity (Wildman–Crippen MR) is 62.6 cm³/mol. The van der Waals surface area contributed by atoms with Crippen LogP contribution in [0.2, 0.25) is 0 Å². The highest BCUT2D eigenvalue weighted by Gasteiger charge is 2.16. The molecule has 0 heterocycles. The number of rotatable bonds is 6. The zero-order valence-electron chi connectivity index (χ0n) is 10.5. The molecule has 1 atom stereocenters. The van der Waals surface area contributed by atoms with Crippen LogP contribution in [-0.4, -0.2) is 24.2 Å². The quantitative estimate of drug-likeness (QED) is 0.711. The number of carbonyl (C=O) groups is 1. The first-order valence-corrected chi connectivity index (χ1v) is 5.76. The van der Waals surface area contributed by atoms with Crippen LogP contribution in [0.4, 0.5) is 0 Å². The van der Waals surface area contributed by atoms with Crippen molar-refractivity contribution in [2.45, 2.75) is 47.0 Å². The minimum absolute atomic E-state index is 0.0444. The minimum Gasteiger partial charge on any atom is -0.396 e. The minimum atomic E-state index is 0.0444. The Bertz CT molecular complexity index is 185. The number of aliphatic hydroxyl groups is 1. The van der Waals surface area contributed by atoms with Gasteiger partial charge in [-0.3, -0.25) is 4.79 Å². The van der Waals surface area contributed by atoms with Gasteiger partial charge in [0.25, 0.3) is 0 Å². The van der Waals surface area contributed by atoms with E-state index in [1.165, 1.54) is 0 Å². The van der Waals surface area contributed by atoms with Crippen molar-refractivity contribution in [2.75, 3.05) is 13.2 Å². The average molecular weight is 215 g/mol. The molecule has 0 aromatic heterocycles.